The molecule has 4 rings (SSSR count). The van der Waals surface area contributed by atoms with E-state index in [4.69, 9.17) is 13.9 Å². The molecule has 2 aromatic carbocycles. The number of aliphatic hydroxyl groups is 3. The van der Waals surface area contributed by atoms with Crippen molar-refractivity contribution in [1.29, 1.82) is 0 Å². The smallest absolute Gasteiger partial charge is 0.239 e. The number of ether oxygens (including phenoxy) is 2. The van der Waals surface area contributed by atoms with Crippen molar-refractivity contribution in [2.24, 2.45) is 0 Å². The summed E-state index contributed by atoms with van der Waals surface area (Å²) in [7, 11) is 0. The first kappa shape index (κ1) is 22.5. The minimum absolute atomic E-state index is 0.168. The number of hydrogen-bond donors (Lipinski definition) is 8. The molecule has 0 amide bonds. The van der Waals surface area contributed by atoms with Gasteiger partial charge in [0.05, 0.1) is 6.10 Å². The molecule has 12 heteroatoms. The number of phenols is 5. The van der Waals surface area contributed by atoms with Crippen LogP contribution in [0.4, 0.5) is 0 Å². The molecule has 2 heterocycles. The molecule has 0 radical (unpaired) electrons. The lowest BCUT2D eigenvalue weighted by molar-refractivity contribution is -0.268. The van der Waals surface area contributed by atoms with E-state index < -0.39 is 81.8 Å². The molecule has 176 valence electrons. The molecule has 33 heavy (non-hydrogen) atoms. The number of benzene rings is 2. The molecule has 8 N–H and O–H groups in total. The summed E-state index contributed by atoms with van der Waals surface area (Å²) >= 11 is 0. The Labute approximate surface area is 184 Å². The highest BCUT2D eigenvalue weighted by Gasteiger charge is 2.44. The molecule has 12 nitrogen and oxygen atoms in total. The summed E-state index contributed by atoms with van der Waals surface area (Å²) in [5.74, 6) is -4.55. The maximum Gasteiger partial charge on any atom is 0.239 e. The van der Waals surface area contributed by atoms with Crippen LogP contribution in [0.25, 0.3) is 22.3 Å². The number of phenolic OH excluding ortho intramolecular Hbond substituents is 5. The van der Waals surface area contributed by atoms with Crippen LogP contribution in [0, 0.1) is 0 Å². The Morgan fingerprint density at radius 2 is 1.48 bits per heavy atom. The zero-order valence-electron chi connectivity index (χ0n) is 16.9. The van der Waals surface area contributed by atoms with Gasteiger partial charge in [-0.2, -0.15) is 0 Å². The van der Waals surface area contributed by atoms with Crippen LogP contribution in [-0.2, 0) is 4.74 Å². The molecule has 3 aromatic rings. The molecule has 0 aliphatic carbocycles. The molecule has 0 spiro atoms. The zero-order chi connectivity index (χ0) is 24.2. The van der Waals surface area contributed by atoms with E-state index in [1.807, 2.05) is 0 Å². The third-order valence-electron chi connectivity index (χ3n) is 5.29. The molecule has 0 bridgehead atoms. The van der Waals surface area contributed by atoms with E-state index in [2.05, 4.69) is 0 Å². The lowest BCUT2D eigenvalue weighted by atomic mass is 10.00. The van der Waals surface area contributed by atoms with Gasteiger partial charge < -0.3 is 54.7 Å². The fourth-order valence-corrected chi connectivity index (χ4v) is 3.53. The fourth-order valence-electron chi connectivity index (χ4n) is 3.53. The largest absolute Gasteiger partial charge is 0.508 e. The van der Waals surface area contributed by atoms with Gasteiger partial charge in [-0.05, 0) is 19.1 Å². The van der Waals surface area contributed by atoms with E-state index in [1.54, 1.807) is 0 Å². The third kappa shape index (κ3) is 3.74. The van der Waals surface area contributed by atoms with Crippen LogP contribution in [-0.4, -0.2) is 71.6 Å². The maximum absolute atomic E-state index is 13.2. The summed E-state index contributed by atoms with van der Waals surface area (Å²) < 4.78 is 16.5. The Bertz CT molecular complexity index is 1260. The van der Waals surface area contributed by atoms with Crippen molar-refractivity contribution in [2.45, 2.75) is 37.6 Å². The average Bonchev–Trinajstić information content (AvgIpc) is 2.74. The van der Waals surface area contributed by atoms with Crippen molar-refractivity contribution in [3.63, 3.8) is 0 Å². The fraction of sp³-hybridized carbons (Fsp3) is 0.286. The lowest BCUT2D eigenvalue weighted by Crippen LogP contribution is -2.58. The van der Waals surface area contributed by atoms with Gasteiger partial charge >= 0.3 is 0 Å². The predicted octanol–water partition coefficient (Wildman–Crippen LogP) is 0.194. The maximum atomic E-state index is 13.2. The first-order valence-corrected chi connectivity index (χ1v) is 9.64. The van der Waals surface area contributed by atoms with Gasteiger partial charge in [0, 0.05) is 17.7 Å². The number of fused-ring (bicyclic) bond motifs is 1. The molecule has 1 saturated heterocycles. The van der Waals surface area contributed by atoms with Gasteiger partial charge in [0.25, 0.3) is 0 Å². The Hall–Kier alpha value is -3.71. The topological polar surface area (TPSA) is 211 Å². The van der Waals surface area contributed by atoms with Crippen molar-refractivity contribution in [1.82, 2.24) is 0 Å². The first-order valence-electron chi connectivity index (χ1n) is 9.64. The highest BCUT2D eigenvalue weighted by molar-refractivity contribution is 5.88. The Morgan fingerprint density at radius 3 is 2.12 bits per heavy atom. The standard InChI is InChI=1S/C21H20O12/c1-6-14(26)17(29)18(30)21(31-6)33-20-16(28)13-9(23)4-8(22)5-12(13)32-19(20)7-2-10(24)15(27)11(25)3-7/h2-6,14,17-18,21-27,29-30H,1H3/t6-,14-,17?,18+,21-/m0/s1. The minimum Gasteiger partial charge on any atom is -0.508 e. The number of hydrogen-bond acceptors (Lipinski definition) is 12. The van der Waals surface area contributed by atoms with Crippen LogP contribution >= 0.6 is 0 Å². The van der Waals surface area contributed by atoms with E-state index in [0.717, 1.165) is 24.3 Å². The van der Waals surface area contributed by atoms with E-state index in [0.29, 0.717) is 0 Å². The van der Waals surface area contributed by atoms with Gasteiger partial charge in [0.2, 0.25) is 17.5 Å². The number of aromatic hydroxyl groups is 5. The highest BCUT2D eigenvalue weighted by Crippen LogP contribution is 2.43. The third-order valence-corrected chi connectivity index (χ3v) is 5.29. The SMILES string of the molecule is C[C@@H]1O[C@@H](Oc2c(-c3cc(O)c(O)c(O)c3)oc3cc(O)cc(O)c3c2=O)[C@H](O)C(O)[C@H]1O. The highest BCUT2D eigenvalue weighted by atomic mass is 16.7. The summed E-state index contributed by atoms with van der Waals surface area (Å²) in [5, 5.41) is 79.1. The van der Waals surface area contributed by atoms with Crippen molar-refractivity contribution in [3.05, 3.63) is 34.5 Å². The summed E-state index contributed by atoms with van der Waals surface area (Å²) in [4.78, 5) is 13.2. The first-order chi connectivity index (χ1) is 15.5. The molecule has 0 saturated carbocycles. The lowest BCUT2D eigenvalue weighted by Gasteiger charge is -2.38. The summed E-state index contributed by atoms with van der Waals surface area (Å²) in [6, 6.07) is 3.79. The molecular formula is C21H20O12. The molecule has 1 aliphatic heterocycles. The summed E-state index contributed by atoms with van der Waals surface area (Å²) in [6.07, 6.45) is -7.59. The van der Waals surface area contributed by atoms with E-state index in [9.17, 15) is 45.6 Å². The molecule has 1 fully saturated rings. The van der Waals surface area contributed by atoms with Gasteiger partial charge in [-0.15, -0.1) is 0 Å². The quantitative estimate of drug-likeness (QED) is 0.244. The van der Waals surface area contributed by atoms with Crippen LogP contribution in [0.3, 0.4) is 0 Å². The Morgan fingerprint density at radius 1 is 0.848 bits per heavy atom. The van der Waals surface area contributed by atoms with Crippen molar-refractivity contribution in [2.75, 3.05) is 0 Å². The van der Waals surface area contributed by atoms with Crippen molar-refractivity contribution < 1.29 is 54.7 Å². The van der Waals surface area contributed by atoms with Gasteiger partial charge in [0.15, 0.2) is 23.0 Å². The van der Waals surface area contributed by atoms with Crippen LogP contribution in [0.5, 0.6) is 34.5 Å². The van der Waals surface area contributed by atoms with Gasteiger partial charge in [-0.1, -0.05) is 0 Å². The van der Waals surface area contributed by atoms with Crippen molar-refractivity contribution in [3.8, 4) is 45.8 Å². The molecule has 5 atom stereocenters. The second kappa shape index (κ2) is 8.01. The van der Waals surface area contributed by atoms with Gasteiger partial charge in [0.1, 0.15) is 40.8 Å². The van der Waals surface area contributed by atoms with Crippen molar-refractivity contribution >= 4 is 11.0 Å². The molecule has 1 unspecified atom stereocenters. The van der Waals surface area contributed by atoms with E-state index in [1.165, 1.54) is 6.92 Å². The van der Waals surface area contributed by atoms with Crippen LogP contribution in [0.1, 0.15) is 6.92 Å². The van der Waals surface area contributed by atoms with Gasteiger partial charge in [-0.25, -0.2) is 0 Å². The Kier molecular flexibility index (Phi) is 5.46. The normalized spacial score (nSPS) is 25.3. The average molecular weight is 464 g/mol. The molecule has 1 aromatic heterocycles. The van der Waals surface area contributed by atoms with E-state index >= 15 is 0 Å². The minimum atomic E-state index is -1.80. The monoisotopic (exact) mass is 464 g/mol. The van der Waals surface area contributed by atoms with E-state index in [-0.39, 0.29) is 11.1 Å². The second-order valence-corrected chi connectivity index (χ2v) is 7.59. The zero-order valence-corrected chi connectivity index (χ0v) is 16.9. The number of aliphatic hydroxyl groups excluding tert-OH is 3. The van der Waals surface area contributed by atoms with Crippen LogP contribution in [0.2, 0.25) is 0 Å². The second-order valence-electron chi connectivity index (χ2n) is 7.59. The van der Waals surface area contributed by atoms with Crippen LogP contribution < -0.4 is 10.2 Å². The Balaban J connectivity index is 1.95. The predicted molar refractivity (Wildman–Crippen MR) is 109 cm³/mol. The summed E-state index contributed by atoms with van der Waals surface area (Å²) in [5.41, 5.74) is -1.45. The van der Waals surface area contributed by atoms with Gasteiger partial charge in [-0.3, -0.25) is 4.79 Å². The number of rotatable bonds is 3. The van der Waals surface area contributed by atoms with Crippen LogP contribution in [0.15, 0.2) is 33.5 Å². The molecular weight excluding hydrogens is 444 g/mol. The summed E-state index contributed by atoms with van der Waals surface area (Å²) in [6.45, 7) is 1.39. The molecule has 1 aliphatic rings.